The summed E-state index contributed by atoms with van der Waals surface area (Å²) in [7, 11) is 0. The molecule has 0 spiro atoms. The van der Waals surface area contributed by atoms with Gasteiger partial charge in [-0.05, 0) is 6.42 Å². The van der Waals surface area contributed by atoms with E-state index in [1.54, 1.807) is 0 Å². The van der Waals surface area contributed by atoms with Gasteiger partial charge in [-0.2, -0.15) is 0 Å². The molecule has 1 saturated heterocycles. The van der Waals surface area contributed by atoms with Gasteiger partial charge in [0, 0.05) is 31.0 Å². The van der Waals surface area contributed by atoms with Gasteiger partial charge < -0.3 is 15.1 Å². The third-order valence-corrected chi connectivity index (χ3v) is 3.46. The zero-order chi connectivity index (χ0) is 12.8. The lowest BCUT2D eigenvalue weighted by atomic mass is 9.94. The summed E-state index contributed by atoms with van der Waals surface area (Å²) in [6, 6.07) is -0.489. The maximum Gasteiger partial charge on any atom is 0.324 e. The number of rotatable bonds is 3. The first-order chi connectivity index (χ1) is 7.78. The van der Waals surface area contributed by atoms with E-state index in [4.69, 9.17) is 0 Å². The van der Waals surface area contributed by atoms with E-state index in [0.717, 1.165) is 0 Å². The molecule has 2 unspecified atom stereocenters. The van der Waals surface area contributed by atoms with E-state index in [-0.39, 0.29) is 12.5 Å². The number of imide groups is 1. The van der Waals surface area contributed by atoms with Gasteiger partial charge in [-0.25, -0.2) is 4.79 Å². The Kier molecular flexibility index (Phi) is 2.67. The Balaban J connectivity index is 2.09. The van der Waals surface area contributed by atoms with Crippen LogP contribution in [-0.2, 0) is 4.79 Å². The van der Waals surface area contributed by atoms with Gasteiger partial charge >= 0.3 is 6.03 Å². The third kappa shape index (κ3) is 2.14. The summed E-state index contributed by atoms with van der Waals surface area (Å²) in [5.74, 6) is -0.778. The zero-order valence-corrected chi connectivity index (χ0v) is 10.1. The minimum atomic E-state index is -1.35. The molecule has 1 aliphatic heterocycles. The van der Waals surface area contributed by atoms with Crippen molar-refractivity contribution in [2.75, 3.05) is 19.7 Å². The smallest absolute Gasteiger partial charge is 0.324 e. The largest absolute Gasteiger partial charge is 0.396 e. The van der Waals surface area contributed by atoms with E-state index >= 15 is 0 Å². The fourth-order valence-electron chi connectivity index (χ4n) is 2.15. The number of urea groups is 1. The summed E-state index contributed by atoms with van der Waals surface area (Å²) in [6.07, 6.45) is 0.405. The van der Waals surface area contributed by atoms with Gasteiger partial charge in [0.2, 0.25) is 0 Å². The molecule has 0 radical (unpaired) electrons. The number of aliphatic hydroxyl groups excluding tert-OH is 1. The van der Waals surface area contributed by atoms with Crippen molar-refractivity contribution >= 4 is 11.9 Å². The molecule has 0 aromatic carbocycles. The molecular formula is C11H18N2O4. The average Bonchev–Trinajstić information content (AvgIpc) is 2.89. The van der Waals surface area contributed by atoms with Crippen molar-refractivity contribution in [3.8, 4) is 0 Å². The van der Waals surface area contributed by atoms with Crippen LogP contribution in [-0.4, -0.2) is 52.3 Å². The standard InChI is InChI=1S/C11H18N2O4/c1-10(2,6-14)5-13-4-7-3-11(7,17)8(15)12-9(13)16/h7,14,17H,3-6H2,1-2H3,(H,12,15,16). The van der Waals surface area contributed by atoms with E-state index in [1.807, 2.05) is 13.8 Å². The number of amides is 3. The minimum Gasteiger partial charge on any atom is -0.396 e. The van der Waals surface area contributed by atoms with Crippen LogP contribution in [0.2, 0.25) is 0 Å². The van der Waals surface area contributed by atoms with Gasteiger partial charge in [0.1, 0.15) is 5.60 Å². The Labute approximate surface area is 99.6 Å². The molecule has 0 aromatic heterocycles. The molecule has 0 aromatic rings. The number of carbonyl (C=O) groups is 2. The predicted octanol–water partition coefficient (Wildman–Crippen LogP) is -0.692. The van der Waals surface area contributed by atoms with Crippen molar-refractivity contribution in [3.05, 3.63) is 0 Å². The van der Waals surface area contributed by atoms with Crippen LogP contribution < -0.4 is 5.32 Å². The molecule has 1 aliphatic carbocycles. The molecule has 96 valence electrons. The zero-order valence-electron chi connectivity index (χ0n) is 10.1. The number of fused-ring (bicyclic) bond motifs is 1. The Hall–Kier alpha value is -1.14. The van der Waals surface area contributed by atoms with Crippen molar-refractivity contribution in [1.29, 1.82) is 0 Å². The fraction of sp³-hybridized carbons (Fsp3) is 0.818. The number of hydrogen-bond acceptors (Lipinski definition) is 4. The molecule has 6 heteroatoms. The summed E-state index contributed by atoms with van der Waals surface area (Å²) in [4.78, 5) is 24.7. The average molecular weight is 242 g/mol. The number of aliphatic hydroxyl groups is 2. The highest BCUT2D eigenvalue weighted by Crippen LogP contribution is 2.45. The lowest BCUT2D eigenvalue weighted by molar-refractivity contribution is -0.130. The molecule has 3 amide bonds. The molecule has 2 fully saturated rings. The molecule has 6 nitrogen and oxygen atoms in total. The first kappa shape index (κ1) is 12.3. The van der Waals surface area contributed by atoms with Crippen LogP contribution in [0.4, 0.5) is 4.79 Å². The van der Waals surface area contributed by atoms with Crippen molar-refractivity contribution in [2.45, 2.75) is 25.9 Å². The van der Waals surface area contributed by atoms with Crippen LogP contribution in [0, 0.1) is 11.3 Å². The number of nitrogens with one attached hydrogen (secondary N) is 1. The van der Waals surface area contributed by atoms with Gasteiger partial charge in [-0.15, -0.1) is 0 Å². The minimum absolute atomic E-state index is 0.0420. The molecule has 2 rings (SSSR count). The Morgan fingerprint density at radius 2 is 2.18 bits per heavy atom. The fourth-order valence-corrected chi connectivity index (χ4v) is 2.15. The van der Waals surface area contributed by atoms with Crippen molar-refractivity contribution < 1.29 is 19.8 Å². The van der Waals surface area contributed by atoms with E-state index in [1.165, 1.54) is 4.90 Å². The molecule has 2 atom stereocenters. The molecule has 3 N–H and O–H groups in total. The number of carbonyl (C=O) groups excluding carboxylic acids is 2. The van der Waals surface area contributed by atoms with Crippen LogP contribution in [0.3, 0.4) is 0 Å². The lowest BCUT2D eigenvalue weighted by Gasteiger charge is -2.30. The SMILES string of the molecule is CC(C)(CO)CN1CC2CC2(O)C(=O)NC1=O. The molecule has 17 heavy (non-hydrogen) atoms. The Morgan fingerprint density at radius 3 is 2.76 bits per heavy atom. The van der Waals surface area contributed by atoms with Gasteiger partial charge in [0.25, 0.3) is 5.91 Å². The van der Waals surface area contributed by atoms with Crippen LogP contribution in [0.25, 0.3) is 0 Å². The van der Waals surface area contributed by atoms with Crippen LogP contribution >= 0.6 is 0 Å². The van der Waals surface area contributed by atoms with Crippen LogP contribution in [0.15, 0.2) is 0 Å². The van der Waals surface area contributed by atoms with E-state index < -0.39 is 23.0 Å². The molecule has 1 saturated carbocycles. The summed E-state index contributed by atoms with van der Waals surface area (Å²) < 4.78 is 0. The van der Waals surface area contributed by atoms with Gasteiger partial charge in [-0.3, -0.25) is 10.1 Å². The van der Waals surface area contributed by atoms with Gasteiger partial charge in [0.15, 0.2) is 0 Å². The Morgan fingerprint density at radius 1 is 1.53 bits per heavy atom. The summed E-state index contributed by atoms with van der Waals surface area (Å²) in [5.41, 5.74) is -1.77. The quantitative estimate of drug-likeness (QED) is 0.611. The first-order valence-corrected chi connectivity index (χ1v) is 5.72. The summed E-state index contributed by atoms with van der Waals surface area (Å²) in [6.45, 7) is 4.35. The van der Waals surface area contributed by atoms with Crippen molar-refractivity contribution in [3.63, 3.8) is 0 Å². The second-order valence-electron chi connectivity index (χ2n) is 5.79. The van der Waals surface area contributed by atoms with Gasteiger partial charge in [0.05, 0.1) is 0 Å². The van der Waals surface area contributed by atoms with E-state index in [0.29, 0.717) is 19.5 Å². The highest BCUT2D eigenvalue weighted by Gasteiger charge is 2.61. The second-order valence-corrected chi connectivity index (χ2v) is 5.79. The first-order valence-electron chi connectivity index (χ1n) is 5.72. The van der Waals surface area contributed by atoms with E-state index in [9.17, 15) is 19.8 Å². The lowest BCUT2D eigenvalue weighted by Crippen LogP contribution is -2.47. The number of nitrogens with zero attached hydrogens (tertiary/aromatic N) is 1. The maximum atomic E-state index is 11.7. The topological polar surface area (TPSA) is 89.9 Å². The molecule has 2 aliphatic rings. The normalized spacial score (nSPS) is 32.9. The van der Waals surface area contributed by atoms with E-state index in [2.05, 4.69) is 5.32 Å². The van der Waals surface area contributed by atoms with Crippen LogP contribution in [0.5, 0.6) is 0 Å². The summed E-state index contributed by atoms with van der Waals surface area (Å²) >= 11 is 0. The van der Waals surface area contributed by atoms with Crippen LogP contribution in [0.1, 0.15) is 20.3 Å². The third-order valence-electron chi connectivity index (χ3n) is 3.46. The van der Waals surface area contributed by atoms with Crippen molar-refractivity contribution in [1.82, 2.24) is 10.2 Å². The summed E-state index contributed by atoms with van der Waals surface area (Å²) in [5, 5.41) is 21.2. The Bertz CT molecular complexity index is 368. The monoisotopic (exact) mass is 242 g/mol. The maximum absolute atomic E-state index is 11.7. The molecule has 0 bridgehead atoms. The number of hydrogen-bond donors (Lipinski definition) is 3. The highest BCUT2D eigenvalue weighted by molar-refractivity contribution is 6.01. The van der Waals surface area contributed by atoms with Crippen molar-refractivity contribution in [2.24, 2.45) is 11.3 Å². The molecule has 1 heterocycles. The second kappa shape index (κ2) is 3.68. The predicted molar refractivity (Wildman–Crippen MR) is 59.0 cm³/mol. The van der Waals surface area contributed by atoms with Gasteiger partial charge in [-0.1, -0.05) is 13.8 Å². The molecular weight excluding hydrogens is 224 g/mol. The highest BCUT2D eigenvalue weighted by atomic mass is 16.3.